The molecule has 4 aromatic carbocycles. The smallest absolute Gasteiger partial charge is 0.116 e. The molecule has 0 fully saturated rings. The fourth-order valence-corrected chi connectivity index (χ4v) is 3.00. The Morgan fingerprint density at radius 2 is 0.595 bits per heavy atom. The average Bonchev–Trinajstić information content (AvgIpc) is 2.93. The van der Waals surface area contributed by atoms with Crippen molar-refractivity contribution >= 4 is 0 Å². The summed E-state index contributed by atoms with van der Waals surface area (Å²) in [5.41, 5.74) is 2.98. The number of phenols is 4. The van der Waals surface area contributed by atoms with Crippen molar-refractivity contribution in [3.63, 3.8) is 0 Å². The maximum atomic E-state index is 9.27. The molecular weight excluding hydrogens is 563 g/mol. The van der Waals surface area contributed by atoms with Gasteiger partial charge >= 0.3 is 0 Å². The standard InChI is InChI=1S/2C18H12O2.O.V/c2*19-17-11-5-9-15(13-17)7-3-1-2-4-8-16-10-6-12-18(20)14-16;;/h2*1-2,5-6,9-14,19-20H;;/q;;-2;/b2*2-1-;;. The number of rotatable bonds is 0. The van der Waals surface area contributed by atoms with E-state index in [1.165, 1.54) is 0 Å². The Morgan fingerprint density at radius 3 is 0.786 bits per heavy atom. The van der Waals surface area contributed by atoms with Gasteiger partial charge in [0.1, 0.15) is 23.0 Å². The fourth-order valence-electron chi connectivity index (χ4n) is 3.00. The van der Waals surface area contributed by atoms with Crippen LogP contribution >= 0.6 is 0 Å². The molecule has 0 aromatic heterocycles. The van der Waals surface area contributed by atoms with Gasteiger partial charge in [-0.2, -0.15) is 0 Å². The molecule has 0 bridgehead atoms. The molecule has 0 unspecified atom stereocenters. The summed E-state index contributed by atoms with van der Waals surface area (Å²) in [6.45, 7) is 0. The first-order valence-corrected chi connectivity index (χ1v) is 12.0. The number of allylic oxidation sites excluding steroid dienone is 4. The summed E-state index contributed by atoms with van der Waals surface area (Å²) in [7, 11) is 0. The average molecular weight is 588 g/mol. The Bertz CT molecular complexity index is 1510. The second kappa shape index (κ2) is 19.4. The molecule has 0 heterocycles. The zero-order chi connectivity index (χ0) is 28.4. The summed E-state index contributed by atoms with van der Waals surface area (Å²) >= 11 is 0. The quantitative estimate of drug-likeness (QED) is 0.190. The number of aromatic hydroxyl groups is 4. The van der Waals surface area contributed by atoms with Gasteiger partial charge in [0.05, 0.1) is 0 Å². The molecule has 42 heavy (non-hydrogen) atoms. The van der Waals surface area contributed by atoms with E-state index < -0.39 is 0 Å². The zero-order valence-corrected chi connectivity index (χ0v) is 23.6. The van der Waals surface area contributed by atoms with Crippen LogP contribution in [0.5, 0.6) is 23.0 Å². The molecule has 205 valence electrons. The molecule has 5 nitrogen and oxygen atoms in total. The van der Waals surface area contributed by atoms with E-state index in [-0.39, 0.29) is 47.0 Å². The Hall–Kier alpha value is -5.66. The van der Waals surface area contributed by atoms with Crippen LogP contribution in [0.4, 0.5) is 0 Å². The molecule has 0 aliphatic carbocycles. The Kier molecular flexibility index (Phi) is 15.9. The largest absolute Gasteiger partial charge is 2.00 e. The van der Waals surface area contributed by atoms with Crippen LogP contribution in [-0.4, -0.2) is 20.4 Å². The minimum absolute atomic E-state index is 0. The molecule has 0 aliphatic heterocycles. The van der Waals surface area contributed by atoms with Crippen molar-refractivity contribution in [3.05, 3.63) is 144 Å². The second-order valence-electron chi connectivity index (χ2n) is 7.95. The van der Waals surface area contributed by atoms with Crippen LogP contribution in [0.15, 0.2) is 121 Å². The van der Waals surface area contributed by atoms with Gasteiger partial charge in [0.15, 0.2) is 0 Å². The maximum Gasteiger partial charge on any atom is 0.116 e. The number of hydrogen-bond donors (Lipinski definition) is 4. The molecule has 1 radical (unpaired) electrons. The van der Waals surface area contributed by atoms with Gasteiger partial charge in [0, 0.05) is 40.8 Å². The molecule has 0 amide bonds. The monoisotopic (exact) mass is 587 g/mol. The summed E-state index contributed by atoms with van der Waals surface area (Å²) in [5, 5.41) is 37.1. The van der Waals surface area contributed by atoms with Crippen LogP contribution in [0.1, 0.15) is 22.3 Å². The minimum atomic E-state index is 0. The van der Waals surface area contributed by atoms with Crippen LogP contribution in [0.25, 0.3) is 0 Å². The van der Waals surface area contributed by atoms with Crippen molar-refractivity contribution in [1.82, 2.24) is 0 Å². The Balaban J connectivity index is 0.000000401. The van der Waals surface area contributed by atoms with E-state index in [4.69, 9.17) is 0 Å². The van der Waals surface area contributed by atoms with Crippen molar-refractivity contribution in [2.24, 2.45) is 0 Å². The number of hydrogen-bond acceptors (Lipinski definition) is 4. The van der Waals surface area contributed by atoms with Gasteiger partial charge < -0.3 is 25.9 Å². The van der Waals surface area contributed by atoms with Gasteiger partial charge in [0.25, 0.3) is 0 Å². The van der Waals surface area contributed by atoms with Crippen LogP contribution < -0.4 is 0 Å². The van der Waals surface area contributed by atoms with Crippen molar-refractivity contribution in [1.29, 1.82) is 0 Å². The zero-order valence-electron chi connectivity index (χ0n) is 22.2. The first-order valence-electron chi connectivity index (χ1n) is 12.0. The van der Waals surface area contributed by atoms with Crippen molar-refractivity contribution in [3.8, 4) is 70.4 Å². The predicted molar refractivity (Wildman–Crippen MR) is 159 cm³/mol. The topological polar surface area (TPSA) is 109 Å². The first kappa shape index (κ1) is 34.4. The first-order chi connectivity index (χ1) is 19.5. The van der Waals surface area contributed by atoms with E-state index in [0.717, 1.165) is 22.3 Å². The van der Waals surface area contributed by atoms with E-state index in [1.54, 1.807) is 97.1 Å². The van der Waals surface area contributed by atoms with Gasteiger partial charge in [-0.25, -0.2) is 0 Å². The third-order valence-corrected chi connectivity index (χ3v) is 4.75. The molecular formula is C36H24O5V-2. The van der Waals surface area contributed by atoms with Crippen LogP contribution in [-0.2, 0) is 24.0 Å². The van der Waals surface area contributed by atoms with Crippen LogP contribution in [0.3, 0.4) is 0 Å². The molecule has 0 saturated carbocycles. The van der Waals surface area contributed by atoms with Gasteiger partial charge in [-0.05, 0) is 97.1 Å². The molecule has 0 aliphatic rings. The predicted octanol–water partition coefficient (Wildman–Crippen LogP) is 5.99. The Morgan fingerprint density at radius 1 is 0.381 bits per heavy atom. The van der Waals surface area contributed by atoms with Crippen LogP contribution in [0.2, 0.25) is 0 Å². The Labute approximate surface area is 257 Å². The maximum absolute atomic E-state index is 9.27. The SMILES string of the molecule is Oc1cccc(C#C/C=C\C#Cc2cccc(O)c2)c1.Oc1cccc(C#C/C=C\C#Cc2cccc(O)c2)c1.[O-2].[V]. The van der Waals surface area contributed by atoms with Crippen molar-refractivity contribution < 1.29 is 44.5 Å². The fraction of sp³-hybridized carbons (Fsp3) is 0. The molecule has 4 N–H and O–H groups in total. The summed E-state index contributed by atoms with van der Waals surface area (Å²) in [6.07, 6.45) is 6.55. The molecule has 0 saturated heterocycles. The van der Waals surface area contributed by atoms with Crippen molar-refractivity contribution in [2.75, 3.05) is 0 Å². The minimum Gasteiger partial charge on any atom is -2.00 e. The summed E-state index contributed by atoms with van der Waals surface area (Å²) in [5.74, 6) is 23.7. The van der Waals surface area contributed by atoms with E-state index in [2.05, 4.69) is 47.4 Å². The van der Waals surface area contributed by atoms with Gasteiger partial charge in [-0.3, -0.25) is 0 Å². The number of benzene rings is 4. The summed E-state index contributed by atoms with van der Waals surface area (Å²) in [4.78, 5) is 0. The molecule has 0 spiro atoms. The molecule has 4 aromatic rings. The number of phenolic OH excluding ortho intramolecular Hbond substituents is 4. The molecule has 6 heteroatoms. The van der Waals surface area contributed by atoms with E-state index in [0.29, 0.717) is 0 Å². The van der Waals surface area contributed by atoms with E-state index >= 15 is 0 Å². The van der Waals surface area contributed by atoms with Crippen molar-refractivity contribution in [2.45, 2.75) is 0 Å². The molecule has 0 atom stereocenters. The van der Waals surface area contributed by atoms with Gasteiger partial charge in [0.2, 0.25) is 0 Å². The normalized spacial score (nSPS) is 8.95. The van der Waals surface area contributed by atoms with E-state index in [9.17, 15) is 20.4 Å². The van der Waals surface area contributed by atoms with Gasteiger partial charge in [-0.1, -0.05) is 71.6 Å². The van der Waals surface area contributed by atoms with Crippen LogP contribution in [0, 0.1) is 47.4 Å². The third-order valence-electron chi connectivity index (χ3n) is 4.75. The second-order valence-corrected chi connectivity index (χ2v) is 7.95. The molecule has 4 rings (SSSR count). The third kappa shape index (κ3) is 13.9. The van der Waals surface area contributed by atoms with E-state index in [1.807, 2.05) is 24.3 Å². The summed E-state index contributed by atoms with van der Waals surface area (Å²) < 4.78 is 0. The van der Waals surface area contributed by atoms with Gasteiger partial charge in [-0.15, -0.1) is 0 Å². The summed E-state index contributed by atoms with van der Waals surface area (Å²) in [6, 6.07) is 27.0.